The number of rotatable bonds is 2. The van der Waals surface area contributed by atoms with Crippen LogP contribution in [0.25, 0.3) is 0 Å². The van der Waals surface area contributed by atoms with E-state index in [9.17, 15) is 5.26 Å². The van der Waals surface area contributed by atoms with E-state index in [0.29, 0.717) is 18.1 Å². The van der Waals surface area contributed by atoms with Gasteiger partial charge >= 0.3 is 0 Å². The summed E-state index contributed by atoms with van der Waals surface area (Å²) in [5, 5.41) is 13.1. The molecule has 0 spiro atoms. The van der Waals surface area contributed by atoms with Crippen LogP contribution in [-0.2, 0) is 0 Å². The smallest absolute Gasteiger partial charge is 0.109 e. The van der Waals surface area contributed by atoms with Crippen LogP contribution in [0.15, 0.2) is 0 Å². The third-order valence-electron chi connectivity index (χ3n) is 4.34. The number of hydrogen-bond donors (Lipinski definition) is 1. The van der Waals surface area contributed by atoms with Gasteiger partial charge in [-0.1, -0.05) is 0 Å². The maximum Gasteiger partial charge on any atom is 0.109 e. The van der Waals surface area contributed by atoms with Crippen LogP contribution in [-0.4, -0.2) is 34.1 Å². The maximum atomic E-state index is 9.61. The fourth-order valence-electron chi connectivity index (χ4n) is 4.14. The summed E-state index contributed by atoms with van der Waals surface area (Å²) >= 11 is 0. The Bertz CT molecular complexity index is 334. The molecule has 2 bridgehead atoms. The zero-order valence-corrected chi connectivity index (χ0v) is 12.5. The van der Waals surface area contributed by atoms with E-state index < -0.39 is 0 Å². The Balaban J connectivity index is 2.19. The lowest BCUT2D eigenvalue weighted by atomic mass is 9.81. The first-order valence-electron chi connectivity index (χ1n) is 7.25. The van der Waals surface area contributed by atoms with Crippen LogP contribution in [0.4, 0.5) is 0 Å². The minimum absolute atomic E-state index is 0.227. The third-order valence-corrected chi connectivity index (χ3v) is 4.34. The SMILES string of the molecule is CC(C)NC1(C#N)CC2CCC(C1)N2C(C)(C)C. The average Bonchev–Trinajstić information content (AvgIpc) is 2.51. The Morgan fingerprint density at radius 2 is 1.72 bits per heavy atom. The van der Waals surface area contributed by atoms with E-state index in [1.807, 2.05) is 0 Å². The Morgan fingerprint density at radius 3 is 2.06 bits per heavy atom. The van der Waals surface area contributed by atoms with E-state index in [1.54, 1.807) is 0 Å². The average molecular weight is 249 g/mol. The van der Waals surface area contributed by atoms with Crippen LogP contribution in [0, 0.1) is 11.3 Å². The standard InChI is InChI=1S/C15H27N3/c1-11(2)17-15(10-16)8-12-6-7-13(9-15)18(12)14(3,4)5/h11-13,17H,6-9H2,1-5H3. The van der Waals surface area contributed by atoms with Gasteiger partial charge in [-0.3, -0.25) is 10.2 Å². The number of fused-ring (bicyclic) bond motifs is 2. The number of nitrogens with one attached hydrogen (secondary N) is 1. The second-order valence-corrected chi connectivity index (χ2v) is 7.36. The van der Waals surface area contributed by atoms with Gasteiger partial charge in [0.15, 0.2) is 0 Å². The van der Waals surface area contributed by atoms with Gasteiger partial charge in [-0.25, -0.2) is 0 Å². The van der Waals surface area contributed by atoms with Gasteiger partial charge in [-0.2, -0.15) is 5.26 Å². The van der Waals surface area contributed by atoms with Gasteiger partial charge in [-0.05, 0) is 60.3 Å². The molecule has 3 heteroatoms. The van der Waals surface area contributed by atoms with Crippen LogP contribution >= 0.6 is 0 Å². The highest BCUT2D eigenvalue weighted by atomic mass is 15.3. The molecule has 18 heavy (non-hydrogen) atoms. The van der Waals surface area contributed by atoms with Crippen LogP contribution in [0.3, 0.4) is 0 Å². The summed E-state index contributed by atoms with van der Waals surface area (Å²) in [6, 6.07) is 4.12. The lowest BCUT2D eigenvalue weighted by molar-refractivity contribution is 0.0149. The van der Waals surface area contributed by atoms with Crippen molar-refractivity contribution in [2.75, 3.05) is 0 Å². The van der Waals surface area contributed by atoms with Crippen molar-refractivity contribution in [3.05, 3.63) is 0 Å². The number of nitriles is 1. The predicted molar refractivity (Wildman–Crippen MR) is 74.3 cm³/mol. The predicted octanol–water partition coefficient (Wildman–Crippen LogP) is 2.67. The fourth-order valence-corrected chi connectivity index (χ4v) is 4.14. The van der Waals surface area contributed by atoms with Crippen LogP contribution in [0.2, 0.25) is 0 Å². The molecule has 0 aromatic carbocycles. The van der Waals surface area contributed by atoms with Crippen molar-refractivity contribution in [2.24, 2.45) is 0 Å². The largest absolute Gasteiger partial charge is 0.297 e. The second kappa shape index (κ2) is 4.51. The quantitative estimate of drug-likeness (QED) is 0.818. The molecule has 2 atom stereocenters. The molecule has 0 aromatic rings. The Morgan fingerprint density at radius 1 is 1.22 bits per heavy atom. The molecule has 102 valence electrons. The van der Waals surface area contributed by atoms with Crippen molar-refractivity contribution in [3.63, 3.8) is 0 Å². The van der Waals surface area contributed by atoms with Crippen LogP contribution in [0.5, 0.6) is 0 Å². The van der Waals surface area contributed by atoms with Gasteiger partial charge in [0.2, 0.25) is 0 Å². The van der Waals surface area contributed by atoms with Gasteiger partial charge in [0.05, 0.1) is 6.07 Å². The minimum atomic E-state index is -0.290. The summed E-state index contributed by atoms with van der Waals surface area (Å²) in [6.07, 6.45) is 4.47. The molecule has 2 unspecified atom stereocenters. The Labute approximate surface area is 112 Å². The summed E-state index contributed by atoms with van der Waals surface area (Å²) < 4.78 is 0. The second-order valence-electron chi connectivity index (χ2n) is 7.36. The summed E-state index contributed by atoms with van der Waals surface area (Å²) in [6.45, 7) is 11.2. The number of nitrogens with zero attached hydrogens (tertiary/aromatic N) is 2. The van der Waals surface area contributed by atoms with Crippen LogP contribution in [0.1, 0.15) is 60.3 Å². The van der Waals surface area contributed by atoms with Crippen LogP contribution < -0.4 is 5.32 Å². The fraction of sp³-hybridized carbons (Fsp3) is 0.933. The van der Waals surface area contributed by atoms with E-state index in [1.165, 1.54) is 12.8 Å². The molecule has 0 aromatic heterocycles. The molecule has 1 N–H and O–H groups in total. The summed E-state index contributed by atoms with van der Waals surface area (Å²) in [7, 11) is 0. The van der Waals surface area contributed by atoms with Crippen molar-refractivity contribution in [3.8, 4) is 6.07 Å². The Hall–Kier alpha value is -0.590. The molecular formula is C15H27N3. The van der Waals surface area contributed by atoms with Crippen molar-refractivity contribution >= 4 is 0 Å². The monoisotopic (exact) mass is 249 g/mol. The molecule has 2 rings (SSSR count). The van der Waals surface area contributed by atoms with Crippen molar-refractivity contribution in [1.82, 2.24) is 10.2 Å². The molecule has 2 aliphatic heterocycles. The van der Waals surface area contributed by atoms with E-state index in [2.05, 4.69) is 50.9 Å². The van der Waals surface area contributed by atoms with Crippen molar-refractivity contribution in [2.45, 2.75) is 89.5 Å². The van der Waals surface area contributed by atoms with Gasteiger partial charge in [0, 0.05) is 23.7 Å². The van der Waals surface area contributed by atoms with Crippen molar-refractivity contribution in [1.29, 1.82) is 5.26 Å². The Kier molecular flexibility index (Phi) is 3.46. The number of hydrogen-bond acceptors (Lipinski definition) is 3. The van der Waals surface area contributed by atoms with E-state index in [-0.39, 0.29) is 11.1 Å². The number of piperidine rings is 1. The molecule has 0 radical (unpaired) electrons. The topological polar surface area (TPSA) is 39.1 Å². The molecule has 2 aliphatic rings. The molecule has 2 fully saturated rings. The van der Waals surface area contributed by atoms with E-state index >= 15 is 0 Å². The lowest BCUT2D eigenvalue weighted by Crippen LogP contribution is -2.62. The first-order valence-corrected chi connectivity index (χ1v) is 7.25. The van der Waals surface area contributed by atoms with Crippen molar-refractivity contribution < 1.29 is 0 Å². The highest BCUT2D eigenvalue weighted by molar-refractivity contribution is 5.17. The van der Waals surface area contributed by atoms with E-state index in [0.717, 1.165) is 12.8 Å². The van der Waals surface area contributed by atoms with E-state index in [4.69, 9.17) is 0 Å². The summed E-state index contributed by atoms with van der Waals surface area (Å²) in [4.78, 5) is 2.66. The zero-order chi connectivity index (χ0) is 13.6. The maximum absolute atomic E-state index is 9.61. The molecule has 3 nitrogen and oxygen atoms in total. The highest BCUT2D eigenvalue weighted by Crippen LogP contribution is 2.44. The first kappa shape index (κ1) is 13.8. The summed E-state index contributed by atoms with van der Waals surface area (Å²) in [5.74, 6) is 0. The normalized spacial score (nSPS) is 36.9. The molecule has 0 amide bonds. The first-order chi connectivity index (χ1) is 8.27. The molecule has 2 heterocycles. The van der Waals surface area contributed by atoms with Gasteiger partial charge in [0.25, 0.3) is 0 Å². The third kappa shape index (κ3) is 2.41. The zero-order valence-electron chi connectivity index (χ0n) is 12.5. The van der Waals surface area contributed by atoms with Gasteiger partial charge < -0.3 is 0 Å². The van der Waals surface area contributed by atoms with Gasteiger partial charge in [-0.15, -0.1) is 0 Å². The molecular weight excluding hydrogens is 222 g/mol. The summed E-state index contributed by atoms with van der Waals surface area (Å²) in [5.41, 5.74) is -0.0625. The minimum Gasteiger partial charge on any atom is -0.297 e. The molecule has 0 aliphatic carbocycles. The molecule has 2 saturated heterocycles. The van der Waals surface area contributed by atoms with Gasteiger partial charge in [0.1, 0.15) is 5.54 Å². The lowest BCUT2D eigenvalue weighted by Gasteiger charge is -2.50. The molecule has 0 saturated carbocycles. The highest BCUT2D eigenvalue weighted by Gasteiger charge is 2.51.